The lowest BCUT2D eigenvalue weighted by molar-refractivity contribution is 0.652. The molecule has 9 aromatic rings. The van der Waals surface area contributed by atoms with Gasteiger partial charge in [0.1, 0.15) is 5.58 Å². The number of thiophene rings is 1. The van der Waals surface area contributed by atoms with E-state index in [1.165, 1.54) is 41.7 Å². The minimum absolute atomic E-state index is 0.156. The molecule has 0 unspecified atom stereocenters. The van der Waals surface area contributed by atoms with E-state index >= 15 is 0 Å². The van der Waals surface area contributed by atoms with Crippen molar-refractivity contribution in [1.29, 1.82) is 0 Å². The maximum atomic E-state index is 6.55. The third-order valence-corrected chi connectivity index (χ3v) is 8.92. The number of hydrogen-bond donors (Lipinski definition) is 0. The van der Waals surface area contributed by atoms with Crippen molar-refractivity contribution in [2.45, 2.75) is 0 Å². The Labute approximate surface area is 224 Å². The van der Waals surface area contributed by atoms with Gasteiger partial charge in [-0.1, -0.05) is 78.9 Å². The van der Waals surface area contributed by atoms with Gasteiger partial charge < -0.3 is 4.42 Å². The number of hydrogen-bond acceptors (Lipinski definition) is 4. The average molecular weight is 526 g/mol. The van der Waals surface area contributed by atoms with E-state index < -0.39 is 0 Å². The molecular formula is C32H16ClN3OS. The first-order chi connectivity index (χ1) is 18.8. The number of fused-ring (bicyclic) bond motifs is 13. The summed E-state index contributed by atoms with van der Waals surface area (Å²) in [5, 5.41) is 9.33. The molecule has 0 amide bonds. The zero-order valence-corrected chi connectivity index (χ0v) is 21.3. The van der Waals surface area contributed by atoms with E-state index in [0.29, 0.717) is 5.71 Å². The molecule has 0 spiro atoms. The number of nitrogens with zero attached hydrogens (tertiary/aromatic N) is 3. The molecule has 0 saturated carbocycles. The summed E-state index contributed by atoms with van der Waals surface area (Å²) >= 11 is 8.41. The maximum absolute atomic E-state index is 6.55. The molecule has 0 aliphatic heterocycles. The Morgan fingerprint density at radius 1 is 0.632 bits per heavy atom. The highest BCUT2D eigenvalue weighted by molar-refractivity contribution is 7.27. The summed E-state index contributed by atoms with van der Waals surface area (Å²) in [6, 6.07) is 33.9. The van der Waals surface area contributed by atoms with E-state index in [-0.39, 0.29) is 5.28 Å². The zero-order chi connectivity index (χ0) is 25.0. The van der Waals surface area contributed by atoms with Crippen molar-refractivity contribution in [3.05, 3.63) is 102 Å². The molecule has 4 aromatic heterocycles. The SMILES string of the molecule is Clc1nc(-n2c3ccccc3c3c4c5ccccc5sc4c4ccccc4c32)c2c(n1)oc1ccccc12. The average Bonchev–Trinajstić information content (AvgIpc) is 3.62. The third-order valence-electron chi connectivity index (χ3n) is 7.55. The van der Waals surface area contributed by atoms with Crippen LogP contribution in [-0.2, 0) is 0 Å². The van der Waals surface area contributed by atoms with E-state index in [1.807, 2.05) is 29.5 Å². The van der Waals surface area contributed by atoms with Crippen LogP contribution in [0.15, 0.2) is 101 Å². The van der Waals surface area contributed by atoms with Crippen LogP contribution in [0.25, 0.3) is 80.6 Å². The summed E-state index contributed by atoms with van der Waals surface area (Å²) in [7, 11) is 0. The number of halogens is 1. The highest BCUT2D eigenvalue weighted by atomic mass is 35.5. The standard InChI is InChI=1S/C32H16ClN3OS/c33-32-34-30(27-20-12-4-7-15-23(20)37-31(27)35-32)36-22-14-6-3-11-19(22)25-26-21-13-5-8-16-24(21)38-29(26)18-10-2-1-9-17(18)28(25)36/h1-16H. The zero-order valence-electron chi connectivity index (χ0n) is 19.8. The number of furan rings is 1. The molecule has 0 aliphatic rings. The Hall–Kier alpha value is -4.45. The van der Waals surface area contributed by atoms with Crippen molar-refractivity contribution in [3.63, 3.8) is 0 Å². The van der Waals surface area contributed by atoms with Crippen LogP contribution in [0.5, 0.6) is 0 Å². The molecule has 6 heteroatoms. The molecule has 0 saturated heterocycles. The third kappa shape index (κ3) is 2.55. The van der Waals surface area contributed by atoms with E-state index in [2.05, 4.69) is 88.4 Å². The number of aromatic nitrogens is 3. The van der Waals surface area contributed by atoms with Crippen molar-refractivity contribution in [2.24, 2.45) is 0 Å². The van der Waals surface area contributed by atoms with Crippen LogP contribution >= 0.6 is 22.9 Å². The normalized spacial score (nSPS) is 12.3. The van der Waals surface area contributed by atoms with Crippen LogP contribution in [0.4, 0.5) is 0 Å². The summed E-state index contributed by atoms with van der Waals surface area (Å²) in [6.45, 7) is 0. The van der Waals surface area contributed by atoms with Crippen molar-refractivity contribution >= 4 is 97.8 Å². The fourth-order valence-corrected chi connectivity index (χ4v) is 7.49. The molecule has 4 heterocycles. The van der Waals surface area contributed by atoms with E-state index in [0.717, 1.165) is 33.2 Å². The van der Waals surface area contributed by atoms with Gasteiger partial charge in [0.25, 0.3) is 0 Å². The van der Waals surface area contributed by atoms with Crippen molar-refractivity contribution in [1.82, 2.24) is 14.5 Å². The molecule has 0 bridgehead atoms. The molecule has 0 radical (unpaired) electrons. The van der Waals surface area contributed by atoms with Gasteiger partial charge in [0.2, 0.25) is 11.0 Å². The van der Waals surface area contributed by atoms with Crippen molar-refractivity contribution < 1.29 is 4.42 Å². The molecule has 178 valence electrons. The van der Waals surface area contributed by atoms with Gasteiger partial charge in [-0.25, -0.2) is 0 Å². The van der Waals surface area contributed by atoms with E-state index in [4.69, 9.17) is 21.0 Å². The van der Waals surface area contributed by atoms with Crippen LogP contribution in [0.2, 0.25) is 5.28 Å². The molecule has 4 nitrogen and oxygen atoms in total. The predicted molar refractivity (Wildman–Crippen MR) is 159 cm³/mol. The second-order valence-electron chi connectivity index (χ2n) is 9.52. The molecule has 0 N–H and O–H groups in total. The summed E-state index contributed by atoms with van der Waals surface area (Å²) in [5.74, 6) is 0.722. The lowest BCUT2D eigenvalue weighted by Gasteiger charge is -2.11. The van der Waals surface area contributed by atoms with Gasteiger partial charge in [0.05, 0.1) is 16.4 Å². The van der Waals surface area contributed by atoms with Gasteiger partial charge in [0.15, 0.2) is 5.82 Å². The molecular weight excluding hydrogens is 510 g/mol. The second-order valence-corrected chi connectivity index (χ2v) is 10.9. The minimum Gasteiger partial charge on any atom is -0.437 e. The Morgan fingerprint density at radius 2 is 1.32 bits per heavy atom. The molecule has 38 heavy (non-hydrogen) atoms. The fourth-order valence-electron chi connectivity index (χ4n) is 6.08. The van der Waals surface area contributed by atoms with Gasteiger partial charge >= 0.3 is 0 Å². The molecule has 0 aliphatic carbocycles. The van der Waals surface area contributed by atoms with Gasteiger partial charge in [-0.05, 0) is 29.8 Å². The summed E-state index contributed by atoms with van der Waals surface area (Å²) in [5.41, 5.74) is 3.42. The highest BCUT2D eigenvalue weighted by Crippen LogP contribution is 2.48. The summed E-state index contributed by atoms with van der Waals surface area (Å²) < 4.78 is 11.0. The number of para-hydroxylation sites is 2. The summed E-state index contributed by atoms with van der Waals surface area (Å²) in [6.07, 6.45) is 0. The molecule has 5 aromatic carbocycles. The van der Waals surface area contributed by atoms with Crippen LogP contribution in [-0.4, -0.2) is 14.5 Å². The lowest BCUT2D eigenvalue weighted by atomic mass is 10.00. The summed E-state index contributed by atoms with van der Waals surface area (Å²) in [4.78, 5) is 9.33. The van der Waals surface area contributed by atoms with E-state index in [9.17, 15) is 0 Å². The van der Waals surface area contributed by atoms with Gasteiger partial charge in [-0.2, -0.15) is 9.97 Å². The Bertz CT molecular complexity index is 2430. The van der Waals surface area contributed by atoms with Gasteiger partial charge in [-0.15, -0.1) is 11.3 Å². The first-order valence-corrected chi connectivity index (χ1v) is 13.6. The first kappa shape index (κ1) is 20.6. The highest BCUT2D eigenvalue weighted by Gasteiger charge is 2.25. The van der Waals surface area contributed by atoms with Crippen LogP contribution in [0.1, 0.15) is 0 Å². The largest absolute Gasteiger partial charge is 0.437 e. The van der Waals surface area contributed by atoms with Crippen LogP contribution in [0.3, 0.4) is 0 Å². The minimum atomic E-state index is 0.156. The molecule has 9 rings (SSSR count). The number of benzene rings is 5. The van der Waals surface area contributed by atoms with E-state index in [1.54, 1.807) is 0 Å². The van der Waals surface area contributed by atoms with Crippen LogP contribution in [0, 0.1) is 0 Å². The maximum Gasteiger partial charge on any atom is 0.233 e. The fraction of sp³-hybridized carbons (Fsp3) is 0. The van der Waals surface area contributed by atoms with Gasteiger partial charge in [0, 0.05) is 47.1 Å². The Kier molecular flexibility index (Phi) is 3.96. The molecule has 0 atom stereocenters. The second kappa shape index (κ2) is 7.32. The smallest absolute Gasteiger partial charge is 0.233 e. The first-order valence-electron chi connectivity index (χ1n) is 12.4. The Balaban J connectivity index is 1.63. The molecule has 0 fully saturated rings. The number of rotatable bonds is 1. The quantitative estimate of drug-likeness (QED) is 0.200. The topological polar surface area (TPSA) is 43.9 Å². The predicted octanol–water partition coefficient (Wildman–Crippen LogP) is 9.65. The van der Waals surface area contributed by atoms with Gasteiger partial charge in [-0.3, -0.25) is 4.57 Å². The van der Waals surface area contributed by atoms with Crippen molar-refractivity contribution in [2.75, 3.05) is 0 Å². The lowest BCUT2D eigenvalue weighted by Crippen LogP contribution is -2.00. The van der Waals surface area contributed by atoms with Crippen molar-refractivity contribution in [3.8, 4) is 5.82 Å². The Morgan fingerprint density at radius 3 is 2.18 bits per heavy atom. The monoisotopic (exact) mass is 525 g/mol. The van der Waals surface area contributed by atoms with Crippen LogP contribution < -0.4 is 0 Å².